The van der Waals surface area contributed by atoms with Crippen LogP contribution in [0.25, 0.3) is 11.4 Å². The molecule has 1 aromatic carbocycles. The van der Waals surface area contributed by atoms with Gasteiger partial charge in [-0.05, 0) is 48.9 Å². The van der Waals surface area contributed by atoms with Gasteiger partial charge in [0.25, 0.3) is 11.7 Å². The van der Waals surface area contributed by atoms with Crippen molar-refractivity contribution in [2.45, 2.75) is 19.5 Å². The number of hydrogen-bond donors (Lipinski definition) is 1. The molecule has 160 valence electrons. The van der Waals surface area contributed by atoms with E-state index in [9.17, 15) is 14.7 Å². The van der Waals surface area contributed by atoms with Crippen LogP contribution in [0.4, 0.5) is 0 Å². The van der Waals surface area contributed by atoms with Gasteiger partial charge in [0, 0.05) is 10.7 Å². The number of carbonyl (C=O) groups is 2. The molecule has 1 unspecified atom stereocenters. The lowest BCUT2D eigenvalue weighted by molar-refractivity contribution is -0.140. The smallest absolute Gasteiger partial charge is 0.296 e. The quantitative estimate of drug-likeness (QED) is 0.255. The van der Waals surface area contributed by atoms with Crippen LogP contribution in [-0.2, 0) is 16.1 Å². The highest BCUT2D eigenvalue weighted by atomic mass is 79.9. The lowest BCUT2D eigenvalue weighted by Crippen LogP contribution is -2.29. The highest BCUT2D eigenvalue weighted by Crippen LogP contribution is 2.41. The van der Waals surface area contributed by atoms with E-state index in [0.29, 0.717) is 28.4 Å². The number of aromatic nitrogens is 2. The van der Waals surface area contributed by atoms with E-state index in [4.69, 9.17) is 4.42 Å². The predicted molar refractivity (Wildman–Crippen MR) is 121 cm³/mol. The third-order valence-electron chi connectivity index (χ3n) is 5.54. The van der Waals surface area contributed by atoms with E-state index in [1.165, 1.54) is 11.2 Å². The van der Waals surface area contributed by atoms with E-state index >= 15 is 0 Å². The molecule has 1 N–H and O–H groups in total. The van der Waals surface area contributed by atoms with Gasteiger partial charge in [-0.15, -0.1) is 0 Å². The molecule has 1 fully saturated rings. The van der Waals surface area contributed by atoms with E-state index in [0.717, 1.165) is 4.47 Å². The molecule has 0 spiro atoms. The van der Waals surface area contributed by atoms with Crippen LogP contribution < -0.4 is 0 Å². The van der Waals surface area contributed by atoms with Gasteiger partial charge in [0.1, 0.15) is 17.1 Å². The van der Waals surface area contributed by atoms with Crippen molar-refractivity contribution in [1.82, 2.24) is 14.3 Å². The number of furan rings is 1. The Kier molecular flexibility index (Phi) is 4.94. The minimum absolute atomic E-state index is 0.0217. The van der Waals surface area contributed by atoms with Crippen molar-refractivity contribution < 1.29 is 19.1 Å². The topological polar surface area (TPSA) is 88.0 Å². The summed E-state index contributed by atoms with van der Waals surface area (Å²) in [4.78, 5) is 32.2. The molecular weight excluding hydrogens is 474 g/mol. The number of carbonyl (C=O) groups excluding carboxylic acids is 2. The van der Waals surface area contributed by atoms with Gasteiger partial charge in [-0.3, -0.25) is 14.0 Å². The van der Waals surface area contributed by atoms with Crippen LogP contribution >= 0.6 is 15.9 Å². The standard InChI is InChI=1S/C24H18BrN3O4/c1-14-20(27-10-3-2-9-18(27)26-14)22(29)19-21(15-6-4-7-16(25)12-15)28(24(31)23(19)30)13-17-8-5-11-32-17/h2-12,21,29H,13H2,1H3. The van der Waals surface area contributed by atoms with Crippen LogP contribution in [0, 0.1) is 6.92 Å². The molecule has 4 heterocycles. The number of aliphatic hydroxyl groups excluding tert-OH is 1. The molecule has 7 nitrogen and oxygen atoms in total. The van der Waals surface area contributed by atoms with Gasteiger partial charge in [-0.25, -0.2) is 4.98 Å². The summed E-state index contributed by atoms with van der Waals surface area (Å²) in [7, 11) is 0. The Balaban J connectivity index is 1.74. The number of aliphatic hydroxyl groups is 1. The molecule has 0 saturated carbocycles. The van der Waals surface area contributed by atoms with Crippen LogP contribution in [0.3, 0.4) is 0 Å². The zero-order valence-electron chi connectivity index (χ0n) is 17.0. The third-order valence-corrected chi connectivity index (χ3v) is 6.03. The lowest BCUT2D eigenvalue weighted by atomic mass is 9.96. The van der Waals surface area contributed by atoms with Gasteiger partial charge in [-0.1, -0.05) is 34.1 Å². The molecule has 1 saturated heterocycles. The third kappa shape index (κ3) is 3.23. The van der Waals surface area contributed by atoms with Crippen molar-refractivity contribution in [3.63, 3.8) is 0 Å². The second kappa shape index (κ2) is 7.80. The van der Waals surface area contributed by atoms with Crippen molar-refractivity contribution >= 4 is 39.0 Å². The largest absolute Gasteiger partial charge is 0.505 e. The van der Waals surface area contributed by atoms with E-state index in [1.807, 2.05) is 42.5 Å². The first-order valence-corrected chi connectivity index (χ1v) is 10.8. The summed E-state index contributed by atoms with van der Waals surface area (Å²) in [5.74, 6) is -1.16. The van der Waals surface area contributed by atoms with Gasteiger partial charge in [-0.2, -0.15) is 0 Å². The Morgan fingerprint density at radius 3 is 2.75 bits per heavy atom. The van der Waals surface area contributed by atoms with Gasteiger partial charge in [0.2, 0.25) is 0 Å². The predicted octanol–water partition coefficient (Wildman–Crippen LogP) is 4.62. The average molecular weight is 492 g/mol. The van der Waals surface area contributed by atoms with Crippen molar-refractivity contribution in [2.24, 2.45) is 0 Å². The van der Waals surface area contributed by atoms with Crippen molar-refractivity contribution in [2.75, 3.05) is 0 Å². The molecule has 5 rings (SSSR count). The SMILES string of the molecule is Cc1nc2ccccn2c1C(O)=C1C(=O)C(=O)N(Cc2ccco2)C1c1cccc(Br)c1. The maximum atomic E-state index is 13.2. The van der Waals surface area contributed by atoms with E-state index in [1.54, 1.807) is 29.7 Å². The van der Waals surface area contributed by atoms with E-state index in [2.05, 4.69) is 20.9 Å². The summed E-state index contributed by atoms with van der Waals surface area (Å²) in [5, 5.41) is 11.4. The number of benzene rings is 1. The second-order valence-electron chi connectivity index (χ2n) is 7.54. The van der Waals surface area contributed by atoms with Crippen molar-refractivity contribution in [1.29, 1.82) is 0 Å². The highest BCUT2D eigenvalue weighted by Gasteiger charge is 2.47. The molecule has 32 heavy (non-hydrogen) atoms. The van der Waals surface area contributed by atoms with Crippen molar-refractivity contribution in [3.8, 4) is 0 Å². The molecule has 8 heteroatoms. The average Bonchev–Trinajstić information content (AvgIpc) is 3.46. The maximum absolute atomic E-state index is 13.2. The zero-order valence-corrected chi connectivity index (χ0v) is 18.6. The number of nitrogens with zero attached hydrogens (tertiary/aromatic N) is 3. The fraction of sp³-hybridized carbons (Fsp3) is 0.125. The molecule has 0 aliphatic carbocycles. The van der Waals surface area contributed by atoms with Gasteiger partial charge in [0.15, 0.2) is 5.76 Å². The molecular formula is C24H18BrN3O4. The molecule has 0 bridgehead atoms. The number of pyridine rings is 1. The normalized spacial score (nSPS) is 18.1. The monoisotopic (exact) mass is 491 g/mol. The van der Waals surface area contributed by atoms with E-state index in [-0.39, 0.29) is 17.9 Å². The number of imidazole rings is 1. The Morgan fingerprint density at radius 2 is 2.00 bits per heavy atom. The summed E-state index contributed by atoms with van der Waals surface area (Å²) in [6.07, 6.45) is 3.28. The van der Waals surface area contributed by atoms with Crippen molar-refractivity contribution in [3.05, 3.63) is 99.8 Å². The van der Waals surface area contributed by atoms with Gasteiger partial charge in [0.05, 0.1) is 30.1 Å². The van der Waals surface area contributed by atoms with Crippen LogP contribution in [0.15, 0.2) is 81.5 Å². The van der Waals surface area contributed by atoms with Crippen LogP contribution in [0.5, 0.6) is 0 Å². The first kappa shape index (κ1) is 20.3. The number of amides is 1. The molecule has 1 aliphatic rings. The molecule has 3 aromatic heterocycles. The van der Waals surface area contributed by atoms with E-state index < -0.39 is 17.7 Å². The Labute approximate surface area is 191 Å². The minimum Gasteiger partial charge on any atom is -0.505 e. The van der Waals surface area contributed by atoms with Gasteiger partial charge < -0.3 is 14.4 Å². The summed E-state index contributed by atoms with van der Waals surface area (Å²) in [6, 6.07) is 15.5. The van der Waals surface area contributed by atoms with Crippen LogP contribution in [0.2, 0.25) is 0 Å². The summed E-state index contributed by atoms with van der Waals surface area (Å²) >= 11 is 3.46. The second-order valence-corrected chi connectivity index (χ2v) is 8.45. The number of hydrogen-bond acceptors (Lipinski definition) is 5. The fourth-order valence-corrected chi connectivity index (χ4v) is 4.58. The summed E-state index contributed by atoms with van der Waals surface area (Å²) < 4.78 is 7.93. The summed E-state index contributed by atoms with van der Waals surface area (Å²) in [5.41, 5.74) is 2.29. The molecule has 1 amide bonds. The zero-order chi connectivity index (χ0) is 22.4. The Bertz CT molecular complexity index is 1390. The Morgan fingerprint density at radius 1 is 1.16 bits per heavy atom. The lowest BCUT2D eigenvalue weighted by Gasteiger charge is -2.24. The molecule has 0 radical (unpaired) electrons. The summed E-state index contributed by atoms with van der Waals surface area (Å²) in [6.45, 7) is 1.85. The van der Waals surface area contributed by atoms with Gasteiger partial charge >= 0.3 is 0 Å². The number of Topliss-reactive ketones (excluding diaryl/α,β-unsaturated/α-hetero) is 1. The number of halogens is 1. The number of rotatable bonds is 4. The number of ketones is 1. The Hall–Kier alpha value is -3.65. The first-order chi connectivity index (χ1) is 15.5. The van der Waals surface area contributed by atoms with Crippen LogP contribution in [-0.4, -0.2) is 31.1 Å². The van der Waals surface area contributed by atoms with Crippen LogP contribution in [0.1, 0.15) is 28.8 Å². The first-order valence-electron chi connectivity index (χ1n) is 9.96. The fourth-order valence-electron chi connectivity index (χ4n) is 4.16. The number of fused-ring (bicyclic) bond motifs is 1. The molecule has 1 aliphatic heterocycles. The molecule has 1 atom stereocenters. The molecule has 4 aromatic rings. The highest BCUT2D eigenvalue weighted by molar-refractivity contribution is 9.10. The minimum atomic E-state index is -0.786. The maximum Gasteiger partial charge on any atom is 0.296 e. The number of likely N-dealkylation sites (tertiary alicyclic amines) is 1. The number of aryl methyl sites for hydroxylation is 1.